The van der Waals surface area contributed by atoms with Gasteiger partial charge in [-0.15, -0.1) is 0 Å². The van der Waals surface area contributed by atoms with Crippen LogP contribution in [0.25, 0.3) is 0 Å². The Morgan fingerprint density at radius 1 is 0.744 bits per heavy atom. The van der Waals surface area contributed by atoms with Gasteiger partial charge in [-0.05, 0) is 30.3 Å². The number of fused-ring (bicyclic) bond motifs is 2. The van der Waals surface area contributed by atoms with Crippen molar-refractivity contribution in [3.63, 3.8) is 0 Å². The summed E-state index contributed by atoms with van der Waals surface area (Å²) in [6.07, 6.45) is 0. The molecular weight excluding hydrogens is 504 g/mol. The van der Waals surface area contributed by atoms with E-state index in [0.29, 0.717) is 75.1 Å². The highest BCUT2D eigenvalue weighted by atomic mass is 16.4. The molecule has 3 aromatic heterocycles. The van der Waals surface area contributed by atoms with E-state index < -0.39 is 17.9 Å². The number of carboxylic acid groups (broad SMARTS) is 3. The summed E-state index contributed by atoms with van der Waals surface area (Å²) in [5.74, 6) is -3.16. The lowest BCUT2D eigenvalue weighted by atomic mass is 10.2. The molecule has 1 aliphatic rings. The largest absolute Gasteiger partial charge is 0.480 e. The van der Waals surface area contributed by atoms with Gasteiger partial charge in [0.15, 0.2) is 0 Å². The van der Waals surface area contributed by atoms with E-state index in [4.69, 9.17) is 0 Å². The minimum Gasteiger partial charge on any atom is -0.480 e. The predicted octanol–water partition coefficient (Wildman–Crippen LogP) is 1.27. The van der Waals surface area contributed by atoms with Crippen molar-refractivity contribution < 1.29 is 29.7 Å². The van der Waals surface area contributed by atoms with Crippen LogP contribution in [0.1, 0.15) is 43.8 Å². The van der Waals surface area contributed by atoms with Gasteiger partial charge in [0.25, 0.3) is 0 Å². The average molecular weight is 533 g/mol. The van der Waals surface area contributed by atoms with Gasteiger partial charge in [0.05, 0.1) is 23.6 Å². The lowest BCUT2D eigenvalue weighted by Crippen LogP contribution is -2.41. The van der Waals surface area contributed by atoms with Gasteiger partial charge in [0.2, 0.25) is 0 Å². The number of aromatic nitrogens is 3. The van der Waals surface area contributed by atoms with Crippen molar-refractivity contribution >= 4 is 17.9 Å². The maximum atomic E-state index is 11.5. The van der Waals surface area contributed by atoms with Crippen LogP contribution in [0, 0.1) is 12.1 Å². The van der Waals surface area contributed by atoms with Crippen LogP contribution in [-0.2, 0) is 31.0 Å². The highest BCUT2D eigenvalue weighted by Crippen LogP contribution is 2.12. The molecule has 0 radical (unpaired) electrons. The van der Waals surface area contributed by atoms with E-state index in [1.807, 2.05) is 0 Å². The summed E-state index contributed by atoms with van der Waals surface area (Å²) in [7, 11) is 0. The van der Waals surface area contributed by atoms with Gasteiger partial charge in [0, 0.05) is 58.4 Å². The molecule has 3 aromatic rings. The summed E-state index contributed by atoms with van der Waals surface area (Å²) >= 11 is 0. The highest BCUT2D eigenvalue weighted by molar-refractivity contribution is 5.85. The zero-order valence-electron chi connectivity index (χ0n) is 21.2. The fraction of sp³-hybridized carbons (Fsp3) is 0.333. The number of carboxylic acids is 3. The van der Waals surface area contributed by atoms with Gasteiger partial charge < -0.3 is 15.3 Å². The molecule has 0 saturated carbocycles. The topological polar surface area (TPSA) is 160 Å². The first-order valence-electron chi connectivity index (χ1n) is 12.3. The molecular formula is C27H28N6O6. The fourth-order valence-corrected chi connectivity index (χ4v) is 4.32. The molecule has 0 atom stereocenters. The summed E-state index contributed by atoms with van der Waals surface area (Å²) in [6, 6.07) is 17.4. The van der Waals surface area contributed by atoms with Crippen LogP contribution in [0.15, 0.2) is 42.5 Å². The van der Waals surface area contributed by atoms with E-state index in [1.54, 1.807) is 35.2 Å². The number of nitrogens with zero attached hydrogens (tertiary/aromatic N) is 6. The average Bonchev–Trinajstić information content (AvgIpc) is 2.89. The van der Waals surface area contributed by atoms with Crippen molar-refractivity contribution in [1.82, 2.24) is 29.7 Å². The van der Waals surface area contributed by atoms with Crippen LogP contribution >= 0.6 is 0 Å². The minimum atomic E-state index is -1.11. The maximum absolute atomic E-state index is 11.5. The summed E-state index contributed by atoms with van der Waals surface area (Å²) in [6.45, 7) is 3.30. The van der Waals surface area contributed by atoms with Crippen molar-refractivity contribution in [2.45, 2.75) is 26.2 Å². The predicted molar refractivity (Wildman–Crippen MR) is 137 cm³/mol. The van der Waals surface area contributed by atoms with Crippen LogP contribution in [0.5, 0.6) is 0 Å². The maximum Gasteiger partial charge on any atom is 0.354 e. The van der Waals surface area contributed by atoms with Crippen molar-refractivity contribution in [1.29, 1.82) is 0 Å². The third kappa shape index (κ3) is 8.27. The standard InChI is InChI=1S/C27H28N6O6/c34-25(35)18-33-13-11-31(14-21-6-2-8-23(29-21)26(36)37)10-12-32(15-19-4-1-5-20(16-33)28-19)17-22-7-3-9-24(30-22)27(38)39/h2-3,5-9H,10-18H2,(H,34,35)(H,36,37)(H,38,39). The van der Waals surface area contributed by atoms with Crippen molar-refractivity contribution in [3.8, 4) is 0 Å². The van der Waals surface area contributed by atoms with E-state index in [-0.39, 0.29) is 17.9 Å². The quantitative estimate of drug-likeness (QED) is 0.382. The van der Waals surface area contributed by atoms with Crippen LogP contribution in [0.4, 0.5) is 0 Å². The number of rotatable bonds is 8. The van der Waals surface area contributed by atoms with Crippen LogP contribution in [0.2, 0.25) is 0 Å². The third-order valence-corrected chi connectivity index (χ3v) is 6.14. The molecule has 0 amide bonds. The van der Waals surface area contributed by atoms with Crippen LogP contribution in [-0.4, -0.2) is 95.6 Å². The van der Waals surface area contributed by atoms with Gasteiger partial charge >= 0.3 is 17.9 Å². The molecule has 2 bridgehead atoms. The molecule has 202 valence electrons. The molecule has 4 heterocycles. The summed E-state index contributed by atoms with van der Waals surface area (Å²) < 4.78 is 0. The molecule has 12 nitrogen and oxygen atoms in total. The number of hydrogen-bond acceptors (Lipinski definition) is 9. The van der Waals surface area contributed by atoms with Crippen molar-refractivity contribution in [2.75, 3.05) is 32.7 Å². The van der Waals surface area contributed by atoms with Gasteiger partial charge in [-0.25, -0.2) is 24.5 Å². The normalized spacial score (nSPS) is 15.5. The van der Waals surface area contributed by atoms with E-state index in [9.17, 15) is 29.7 Å². The van der Waals surface area contributed by atoms with E-state index in [0.717, 1.165) is 0 Å². The highest BCUT2D eigenvalue weighted by Gasteiger charge is 2.19. The number of aromatic carboxylic acids is 2. The Morgan fingerprint density at radius 3 is 1.90 bits per heavy atom. The monoisotopic (exact) mass is 532 g/mol. The molecule has 3 N–H and O–H groups in total. The summed E-state index contributed by atoms with van der Waals surface area (Å²) in [5.41, 5.74) is 2.39. The molecule has 39 heavy (non-hydrogen) atoms. The molecule has 12 heteroatoms. The molecule has 0 aliphatic carbocycles. The SMILES string of the molecule is O=C(O)CN1CCN(Cc2cccc(C(=O)O)n2)CCN(Cc2cccc(C(=O)O)n2)Cc2c#ccc(n2)C1. The number of hydrogen-bond donors (Lipinski definition) is 3. The van der Waals surface area contributed by atoms with Crippen LogP contribution in [0.3, 0.4) is 0 Å². The van der Waals surface area contributed by atoms with Crippen LogP contribution < -0.4 is 0 Å². The van der Waals surface area contributed by atoms with Gasteiger partial charge in [-0.1, -0.05) is 18.2 Å². The molecule has 0 fully saturated rings. The van der Waals surface area contributed by atoms with Gasteiger partial charge in [-0.3, -0.25) is 19.5 Å². The first kappa shape index (κ1) is 27.6. The summed E-state index contributed by atoms with van der Waals surface area (Å²) in [4.78, 5) is 53.5. The Labute approximate surface area is 225 Å². The molecule has 4 rings (SSSR count). The Bertz CT molecular complexity index is 1340. The minimum absolute atomic E-state index is 0.0357. The zero-order valence-corrected chi connectivity index (χ0v) is 21.2. The molecule has 0 aromatic carbocycles. The van der Waals surface area contributed by atoms with E-state index in [2.05, 4.69) is 36.9 Å². The zero-order chi connectivity index (χ0) is 27.8. The Balaban J connectivity index is 1.60. The lowest BCUT2D eigenvalue weighted by molar-refractivity contribution is -0.138. The smallest absolute Gasteiger partial charge is 0.354 e. The Kier molecular flexibility index (Phi) is 9.11. The fourth-order valence-electron chi connectivity index (χ4n) is 4.32. The second-order valence-corrected chi connectivity index (χ2v) is 9.19. The number of carbonyl (C=O) groups is 3. The lowest BCUT2D eigenvalue weighted by Gasteiger charge is -2.30. The molecule has 0 spiro atoms. The number of pyridine rings is 2. The van der Waals surface area contributed by atoms with Gasteiger partial charge in [0.1, 0.15) is 17.1 Å². The first-order valence-corrected chi connectivity index (χ1v) is 12.3. The van der Waals surface area contributed by atoms with Crippen molar-refractivity contribution in [3.05, 3.63) is 88.8 Å². The number of aliphatic carboxylic acids is 1. The third-order valence-electron chi connectivity index (χ3n) is 6.14. The molecule has 0 unspecified atom stereocenters. The second-order valence-electron chi connectivity index (χ2n) is 9.19. The Morgan fingerprint density at radius 2 is 1.31 bits per heavy atom. The molecule has 0 saturated heterocycles. The van der Waals surface area contributed by atoms with E-state index in [1.165, 1.54) is 12.1 Å². The van der Waals surface area contributed by atoms with E-state index >= 15 is 0 Å². The molecule has 1 aliphatic heterocycles. The second kappa shape index (κ2) is 12.9. The summed E-state index contributed by atoms with van der Waals surface area (Å²) in [5, 5.41) is 28.1. The van der Waals surface area contributed by atoms with Gasteiger partial charge in [-0.2, -0.15) is 0 Å². The first-order chi connectivity index (χ1) is 18.7. The van der Waals surface area contributed by atoms with Crippen molar-refractivity contribution in [2.24, 2.45) is 0 Å². The Hall–Kier alpha value is -4.44.